The fraction of sp³-hybridized carbons (Fsp3) is 0.471. The first-order valence-corrected chi connectivity index (χ1v) is 8.83. The Hall–Kier alpha value is -1.46. The van der Waals surface area contributed by atoms with E-state index in [-0.39, 0.29) is 40.6 Å². The number of β-lactam (4-membered cyclic amide) rings is 1. The zero-order valence-electron chi connectivity index (χ0n) is 16.3. The van der Waals surface area contributed by atoms with Crippen LogP contribution < -0.4 is 49.5 Å². The van der Waals surface area contributed by atoms with E-state index < -0.39 is 40.0 Å². The number of methoxy groups -OCH3 is 2. The Kier molecular flexibility index (Phi) is 7.82. The predicted molar refractivity (Wildman–Crippen MR) is 95.5 cm³/mol. The summed E-state index contributed by atoms with van der Waals surface area (Å²) in [6, 6.07) is 3.08. The van der Waals surface area contributed by atoms with Crippen molar-refractivity contribution in [3.63, 3.8) is 0 Å². The Bertz CT molecular complexity index is 767. The Morgan fingerprint density at radius 3 is 2.21 bits per heavy atom. The number of nitrogens with one attached hydrogen (secondary N) is 1. The normalized spacial score (nSPS) is 24.1. The zero-order valence-corrected chi connectivity index (χ0v) is 19.1. The number of carboxylic acid groups (broad SMARTS) is 1. The molecule has 1 aromatic carbocycles. The summed E-state index contributed by atoms with van der Waals surface area (Å²) in [7, 11) is 2.86. The fourth-order valence-electron chi connectivity index (χ4n) is 3.41. The van der Waals surface area contributed by atoms with Crippen LogP contribution in [0.25, 0.3) is 0 Å². The summed E-state index contributed by atoms with van der Waals surface area (Å²) in [6.07, 6.45) is 0. The molecule has 0 radical (unpaired) electrons. The van der Waals surface area contributed by atoms with Crippen LogP contribution in [-0.4, -0.2) is 64.6 Å². The smallest absolute Gasteiger partial charge is 0.548 e. The van der Waals surface area contributed by atoms with E-state index in [1.807, 2.05) is 0 Å². The summed E-state index contributed by atoms with van der Waals surface area (Å²) in [5, 5.41) is 13.7. The van der Waals surface area contributed by atoms with Crippen molar-refractivity contribution < 1.29 is 64.0 Å². The standard InChI is InChI=1S/C17H20N2O6S.Na.H2O/c1-17(2)12(16(22)23)19-14(21)11(15(19)26-17)18-13(20)10-8(24-3)6-5-7-9(10)25-4;;/h5-7,11-12,15H,1-4H3,(H,18,20)(H,22,23);;1H2/q;+1;/p-1/t11-,12?,15-;;/m1../s1. The van der Waals surface area contributed by atoms with Gasteiger partial charge in [0.05, 0.1) is 26.2 Å². The third-order valence-corrected chi connectivity index (χ3v) is 6.18. The van der Waals surface area contributed by atoms with Gasteiger partial charge in [0.25, 0.3) is 5.91 Å². The van der Waals surface area contributed by atoms with Crippen LogP contribution in [0.15, 0.2) is 18.2 Å². The molecule has 9 nitrogen and oxygen atoms in total. The van der Waals surface area contributed by atoms with Crippen molar-refractivity contribution in [2.45, 2.75) is 36.1 Å². The number of fused-ring (bicyclic) bond motifs is 1. The van der Waals surface area contributed by atoms with Gasteiger partial charge in [-0.3, -0.25) is 9.59 Å². The van der Waals surface area contributed by atoms with Crippen LogP contribution in [0.2, 0.25) is 0 Å². The maximum absolute atomic E-state index is 12.7. The minimum absolute atomic E-state index is 0. The number of aliphatic carboxylic acids is 1. The first-order valence-electron chi connectivity index (χ1n) is 7.95. The number of nitrogens with zero attached hydrogens (tertiary/aromatic N) is 1. The molecule has 0 aromatic heterocycles. The van der Waals surface area contributed by atoms with E-state index >= 15 is 0 Å². The van der Waals surface area contributed by atoms with Crippen molar-refractivity contribution in [2.24, 2.45) is 0 Å². The molecule has 2 aliphatic heterocycles. The third-order valence-electron chi connectivity index (χ3n) is 4.61. The molecule has 2 amide bonds. The van der Waals surface area contributed by atoms with Gasteiger partial charge in [-0.05, 0) is 26.0 Å². The molecule has 148 valence electrons. The number of carboxylic acids is 1. The van der Waals surface area contributed by atoms with E-state index in [1.165, 1.54) is 30.9 Å². The zero-order chi connectivity index (χ0) is 19.2. The van der Waals surface area contributed by atoms with Gasteiger partial charge >= 0.3 is 29.6 Å². The number of benzene rings is 1. The average Bonchev–Trinajstić information content (AvgIpc) is 2.86. The summed E-state index contributed by atoms with van der Waals surface area (Å²) < 4.78 is 9.71. The molecule has 2 saturated heterocycles. The maximum atomic E-state index is 12.7. The van der Waals surface area contributed by atoms with Gasteiger partial charge in [0.1, 0.15) is 28.5 Å². The SMILES string of the molecule is COc1cccc(OC)c1C(=O)N[C@@H]1C(=O)N2C(C(=O)[O-])C(C)(C)S[C@H]12.O.[Na+]. The van der Waals surface area contributed by atoms with Crippen LogP contribution in [0.5, 0.6) is 11.5 Å². The van der Waals surface area contributed by atoms with Crippen LogP contribution in [0.1, 0.15) is 24.2 Å². The molecule has 28 heavy (non-hydrogen) atoms. The fourth-order valence-corrected chi connectivity index (χ4v) is 5.04. The van der Waals surface area contributed by atoms with E-state index in [0.717, 1.165) is 0 Å². The number of thioether (sulfide) groups is 1. The van der Waals surface area contributed by atoms with Gasteiger partial charge in [-0.25, -0.2) is 0 Å². The minimum atomic E-state index is -1.30. The second-order valence-corrected chi connectivity index (χ2v) is 8.34. The molecule has 0 aliphatic carbocycles. The molecule has 2 heterocycles. The molecule has 3 rings (SSSR count). The molecule has 3 atom stereocenters. The van der Waals surface area contributed by atoms with E-state index in [1.54, 1.807) is 32.0 Å². The average molecular weight is 420 g/mol. The summed E-state index contributed by atoms with van der Waals surface area (Å²) in [6.45, 7) is 3.48. The van der Waals surface area contributed by atoms with Crippen molar-refractivity contribution in [2.75, 3.05) is 14.2 Å². The van der Waals surface area contributed by atoms with Crippen molar-refractivity contribution in [3.8, 4) is 11.5 Å². The first-order chi connectivity index (χ1) is 12.2. The first kappa shape index (κ1) is 24.6. The second kappa shape index (κ2) is 8.91. The van der Waals surface area contributed by atoms with Crippen molar-refractivity contribution in [3.05, 3.63) is 23.8 Å². The second-order valence-electron chi connectivity index (χ2n) is 6.57. The Balaban J connectivity index is 0.00000196. The molecule has 3 N–H and O–H groups in total. The Morgan fingerprint density at radius 1 is 1.21 bits per heavy atom. The van der Waals surface area contributed by atoms with Gasteiger partial charge in [-0.1, -0.05) is 6.07 Å². The van der Waals surface area contributed by atoms with Gasteiger partial charge in [0.15, 0.2) is 0 Å². The van der Waals surface area contributed by atoms with Gasteiger partial charge < -0.3 is 35.1 Å². The summed E-state index contributed by atoms with van der Waals surface area (Å²) in [5.74, 6) is -1.62. The summed E-state index contributed by atoms with van der Waals surface area (Å²) in [5.41, 5.74) is 0.183. The molecule has 1 aromatic rings. The summed E-state index contributed by atoms with van der Waals surface area (Å²) in [4.78, 5) is 37.9. The van der Waals surface area contributed by atoms with E-state index in [4.69, 9.17) is 9.47 Å². The van der Waals surface area contributed by atoms with Crippen molar-refractivity contribution in [1.29, 1.82) is 0 Å². The molecule has 0 saturated carbocycles. The largest absolute Gasteiger partial charge is 1.00 e. The number of rotatable bonds is 5. The van der Waals surface area contributed by atoms with Crippen molar-refractivity contribution >= 4 is 29.5 Å². The van der Waals surface area contributed by atoms with Crippen LogP contribution >= 0.6 is 11.8 Å². The molecule has 2 fully saturated rings. The third kappa shape index (κ3) is 3.84. The van der Waals surface area contributed by atoms with E-state index in [9.17, 15) is 19.5 Å². The molecular weight excluding hydrogens is 399 g/mol. The Labute approximate surface area is 188 Å². The van der Waals surface area contributed by atoms with Crippen LogP contribution in [0.4, 0.5) is 0 Å². The molecule has 11 heteroatoms. The molecule has 1 unspecified atom stereocenters. The number of carbonyl (C=O) groups excluding carboxylic acids is 3. The number of amides is 2. The molecule has 0 bridgehead atoms. The molecular formula is C17H21N2NaO7S. The predicted octanol–water partition coefficient (Wildman–Crippen LogP) is -4.21. The number of hydrogen-bond acceptors (Lipinski definition) is 7. The van der Waals surface area contributed by atoms with Gasteiger partial charge in [-0.15, -0.1) is 11.8 Å². The van der Waals surface area contributed by atoms with Crippen LogP contribution in [0, 0.1) is 0 Å². The maximum Gasteiger partial charge on any atom is 1.00 e. The topological polar surface area (TPSA) is 140 Å². The van der Waals surface area contributed by atoms with Gasteiger partial charge in [0, 0.05) is 4.75 Å². The molecule has 0 spiro atoms. The Morgan fingerprint density at radius 2 is 1.75 bits per heavy atom. The molecule has 2 aliphatic rings. The van der Waals surface area contributed by atoms with Crippen molar-refractivity contribution in [1.82, 2.24) is 10.2 Å². The van der Waals surface area contributed by atoms with Crippen LogP contribution in [0.3, 0.4) is 0 Å². The number of ether oxygens (including phenoxy) is 2. The van der Waals surface area contributed by atoms with E-state index in [0.29, 0.717) is 11.5 Å². The minimum Gasteiger partial charge on any atom is -0.548 e. The van der Waals surface area contributed by atoms with Crippen LogP contribution in [-0.2, 0) is 9.59 Å². The van der Waals surface area contributed by atoms with E-state index in [2.05, 4.69) is 5.32 Å². The monoisotopic (exact) mass is 420 g/mol. The van der Waals surface area contributed by atoms with Gasteiger partial charge in [-0.2, -0.15) is 0 Å². The number of carbonyl (C=O) groups is 3. The number of hydrogen-bond donors (Lipinski definition) is 1. The van der Waals surface area contributed by atoms with Gasteiger partial charge in [0.2, 0.25) is 5.91 Å². The quantitative estimate of drug-likeness (QED) is 0.376. The summed E-state index contributed by atoms with van der Waals surface area (Å²) >= 11 is 1.33.